The Hall–Kier alpha value is -2.98. The lowest BCUT2D eigenvalue weighted by molar-refractivity contribution is 0.0862. The summed E-state index contributed by atoms with van der Waals surface area (Å²) in [6.45, 7) is 0. The number of ether oxygens (including phenoxy) is 4. The van der Waals surface area contributed by atoms with E-state index in [-0.39, 0.29) is 12.2 Å². The molecule has 4 heteroatoms. The van der Waals surface area contributed by atoms with Crippen molar-refractivity contribution in [3.05, 3.63) is 76.9 Å². The molecule has 0 radical (unpaired) electrons. The summed E-state index contributed by atoms with van der Waals surface area (Å²) in [6.07, 6.45) is 4.77. The third-order valence-electron chi connectivity index (χ3n) is 5.66. The maximum Gasteiger partial charge on any atom is 0.137 e. The SMILES string of the molecule is COc1c2c(c(OC)c3c(OC)c(Cc4ccccc4)ccc13)[C@@H]1C=C[C@H]2O1. The fourth-order valence-corrected chi connectivity index (χ4v) is 4.53. The van der Waals surface area contributed by atoms with Crippen LogP contribution in [0.4, 0.5) is 0 Å². The molecule has 2 bridgehead atoms. The zero-order valence-corrected chi connectivity index (χ0v) is 16.2. The first kappa shape index (κ1) is 17.1. The lowest BCUT2D eigenvalue weighted by Gasteiger charge is -2.22. The molecule has 0 aliphatic carbocycles. The predicted octanol–water partition coefficient (Wildman–Crippen LogP) is 5.14. The van der Waals surface area contributed by atoms with E-state index in [0.29, 0.717) is 0 Å². The van der Waals surface area contributed by atoms with Gasteiger partial charge in [0.25, 0.3) is 0 Å². The fraction of sp³-hybridized carbons (Fsp3) is 0.250. The van der Waals surface area contributed by atoms with Crippen molar-refractivity contribution < 1.29 is 18.9 Å². The largest absolute Gasteiger partial charge is 0.496 e. The van der Waals surface area contributed by atoms with Gasteiger partial charge in [-0.15, -0.1) is 0 Å². The third kappa shape index (κ3) is 2.34. The highest BCUT2D eigenvalue weighted by molar-refractivity contribution is 6.02. The van der Waals surface area contributed by atoms with Crippen LogP contribution in [0.15, 0.2) is 54.6 Å². The molecule has 0 amide bonds. The van der Waals surface area contributed by atoms with E-state index in [1.165, 1.54) is 5.56 Å². The van der Waals surface area contributed by atoms with Gasteiger partial charge in [-0.05, 0) is 17.2 Å². The van der Waals surface area contributed by atoms with Crippen LogP contribution in [-0.2, 0) is 11.2 Å². The first-order valence-electron chi connectivity index (χ1n) is 9.41. The normalized spacial score (nSPS) is 19.1. The molecule has 3 aromatic carbocycles. The Morgan fingerprint density at radius 3 is 2.04 bits per heavy atom. The molecule has 0 aromatic heterocycles. The first-order valence-corrected chi connectivity index (χ1v) is 9.41. The third-order valence-corrected chi connectivity index (χ3v) is 5.66. The van der Waals surface area contributed by atoms with E-state index in [2.05, 4.69) is 48.6 Å². The standard InChI is InChI=1S/C24H22O4/c1-25-22-15(13-14-7-5-4-6-8-14)9-10-16-19(22)24(27-3)21-18-12-11-17(28-18)20(21)23(16)26-2/h4-12,17-18H,13H2,1-3H3/t17-,18+/m1/s1. The van der Waals surface area contributed by atoms with Gasteiger partial charge in [-0.25, -0.2) is 0 Å². The molecule has 142 valence electrons. The van der Waals surface area contributed by atoms with Gasteiger partial charge in [0, 0.05) is 22.9 Å². The maximum atomic E-state index is 6.09. The van der Waals surface area contributed by atoms with Gasteiger partial charge in [0.1, 0.15) is 29.5 Å². The van der Waals surface area contributed by atoms with Crippen LogP contribution >= 0.6 is 0 Å². The van der Waals surface area contributed by atoms with Gasteiger partial charge in [0.2, 0.25) is 0 Å². The van der Waals surface area contributed by atoms with Crippen LogP contribution in [0, 0.1) is 0 Å². The van der Waals surface area contributed by atoms with Gasteiger partial charge in [0.05, 0.1) is 26.7 Å². The molecule has 2 aliphatic heterocycles. The van der Waals surface area contributed by atoms with Crippen molar-refractivity contribution in [1.29, 1.82) is 0 Å². The first-order chi connectivity index (χ1) is 13.8. The summed E-state index contributed by atoms with van der Waals surface area (Å²) in [7, 11) is 5.13. The van der Waals surface area contributed by atoms with Crippen LogP contribution in [0.2, 0.25) is 0 Å². The van der Waals surface area contributed by atoms with E-state index in [1.54, 1.807) is 21.3 Å². The molecule has 0 saturated heterocycles. The van der Waals surface area contributed by atoms with Gasteiger partial charge >= 0.3 is 0 Å². The van der Waals surface area contributed by atoms with Crippen molar-refractivity contribution in [2.24, 2.45) is 0 Å². The molecule has 2 heterocycles. The number of benzene rings is 3. The summed E-state index contributed by atoms with van der Waals surface area (Å²) in [4.78, 5) is 0. The number of methoxy groups -OCH3 is 3. The molecule has 3 aromatic rings. The topological polar surface area (TPSA) is 36.9 Å². The second-order valence-electron chi connectivity index (χ2n) is 7.10. The number of rotatable bonds is 5. The van der Waals surface area contributed by atoms with Gasteiger partial charge in [-0.2, -0.15) is 0 Å². The van der Waals surface area contributed by atoms with Crippen molar-refractivity contribution in [3.8, 4) is 17.2 Å². The molecule has 5 rings (SSSR count). The van der Waals surface area contributed by atoms with E-state index in [9.17, 15) is 0 Å². The van der Waals surface area contributed by atoms with Crippen LogP contribution in [0.25, 0.3) is 10.8 Å². The Kier molecular flexibility index (Phi) is 4.02. The highest BCUT2D eigenvalue weighted by Gasteiger charge is 2.41. The molecule has 0 fully saturated rings. The summed E-state index contributed by atoms with van der Waals surface area (Å²) >= 11 is 0. The summed E-state index contributed by atoms with van der Waals surface area (Å²) in [6, 6.07) is 14.6. The second-order valence-corrected chi connectivity index (χ2v) is 7.10. The van der Waals surface area contributed by atoms with E-state index >= 15 is 0 Å². The highest BCUT2D eigenvalue weighted by Crippen LogP contribution is 2.58. The maximum absolute atomic E-state index is 6.09. The zero-order valence-electron chi connectivity index (χ0n) is 16.2. The number of hydrogen-bond donors (Lipinski definition) is 0. The Morgan fingerprint density at radius 1 is 0.750 bits per heavy atom. The molecular formula is C24H22O4. The molecule has 4 nitrogen and oxygen atoms in total. The van der Waals surface area contributed by atoms with Gasteiger partial charge < -0.3 is 18.9 Å². The molecule has 0 N–H and O–H groups in total. The average Bonchev–Trinajstić information content (AvgIpc) is 3.35. The zero-order chi connectivity index (χ0) is 19.3. The van der Waals surface area contributed by atoms with E-state index in [4.69, 9.17) is 18.9 Å². The molecular weight excluding hydrogens is 352 g/mol. The van der Waals surface area contributed by atoms with Crippen molar-refractivity contribution in [2.45, 2.75) is 18.6 Å². The Balaban J connectivity index is 1.80. The molecule has 2 atom stereocenters. The van der Waals surface area contributed by atoms with Crippen LogP contribution in [0.3, 0.4) is 0 Å². The van der Waals surface area contributed by atoms with Crippen molar-refractivity contribution in [3.63, 3.8) is 0 Å². The highest BCUT2D eigenvalue weighted by atomic mass is 16.5. The van der Waals surface area contributed by atoms with Crippen LogP contribution in [0.1, 0.15) is 34.5 Å². The van der Waals surface area contributed by atoms with Crippen molar-refractivity contribution in [2.75, 3.05) is 21.3 Å². The minimum atomic E-state index is -0.101. The van der Waals surface area contributed by atoms with Gasteiger partial charge in [0.15, 0.2) is 0 Å². The summed E-state index contributed by atoms with van der Waals surface area (Å²) < 4.78 is 23.8. The minimum absolute atomic E-state index is 0.0803. The van der Waals surface area contributed by atoms with E-state index in [0.717, 1.165) is 51.1 Å². The van der Waals surface area contributed by atoms with Crippen molar-refractivity contribution in [1.82, 2.24) is 0 Å². The van der Waals surface area contributed by atoms with E-state index in [1.807, 2.05) is 6.07 Å². The Morgan fingerprint density at radius 2 is 1.39 bits per heavy atom. The van der Waals surface area contributed by atoms with Crippen LogP contribution in [0.5, 0.6) is 17.2 Å². The monoisotopic (exact) mass is 374 g/mol. The average molecular weight is 374 g/mol. The molecule has 0 unspecified atom stereocenters. The summed E-state index contributed by atoms with van der Waals surface area (Å²) in [5.41, 5.74) is 4.46. The summed E-state index contributed by atoms with van der Waals surface area (Å²) in [5, 5.41) is 1.93. The fourth-order valence-electron chi connectivity index (χ4n) is 4.53. The van der Waals surface area contributed by atoms with Gasteiger partial charge in [-0.3, -0.25) is 0 Å². The van der Waals surface area contributed by atoms with E-state index < -0.39 is 0 Å². The lowest BCUT2D eigenvalue weighted by atomic mass is 9.89. The molecule has 28 heavy (non-hydrogen) atoms. The Labute approximate surface area is 164 Å². The molecule has 0 saturated carbocycles. The number of hydrogen-bond acceptors (Lipinski definition) is 4. The van der Waals surface area contributed by atoms with Gasteiger partial charge in [-0.1, -0.05) is 48.6 Å². The minimum Gasteiger partial charge on any atom is -0.496 e. The summed E-state index contributed by atoms with van der Waals surface area (Å²) in [5.74, 6) is 2.48. The van der Waals surface area contributed by atoms with Crippen LogP contribution in [-0.4, -0.2) is 21.3 Å². The Bertz CT molecular complexity index is 1090. The molecule has 2 aliphatic rings. The number of fused-ring (bicyclic) bond motifs is 6. The second kappa shape index (κ2) is 6.57. The van der Waals surface area contributed by atoms with Crippen LogP contribution < -0.4 is 14.2 Å². The smallest absolute Gasteiger partial charge is 0.137 e. The quantitative estimate of drug-likeness (QED) is 0.580. The molecule has 0 spiro atoms. The lowest BCUT2D eigenvalue weighted by Crippen LogP contribution is -2.05. The van der Waals surface area contributed by atoms with Crippen molar-refractivity contribution >= 4 is 10.8 Å². The predicted molar refractivity (Wildman–Crippen MR) is 109 cm³/mol.